The van der Waals surface area contributed by atoms with E-state index in [1.54, 1.807) is 6.07 Å². The number of nitrogens with two attached hydrogens (primary N) is 1. The predicted molar refractivity (Wildman–Crippen MR) is 101 cm³/mol. The van der Waals surface area contributed by atoms with Crippen LogP contribution in [0.4, 0.5) is 0 Å². The van der Waals surface area contributed by atoms with Crippen molar-refractivity contribution in [3.8, 4) is 5.75 Å². The van der Waals surface area contributed by atoms with Crippen molar-refractivity contribution in [1.82, 2.24) is 9.88 Å². The summed E-state index contributed by atoms with van der Waals surface area (Å²) in [7, 11) is 0. The zero-order valence-corrected chi connectivity index (χ0v) is 15.7. The Morgan fingerprint density at radius 3 is 2.84 bits per heavy atom. The number of carbonyl (C=O) groups is 2. The molecule has 3 rings (SSSR count). The van der Waals surface area contributed by atoms with Gasteiger partial charge in [-0.05, 0) is 53.6 Å². The SMILES string of the molecule is NC(=O)c1cc(OC2CCCN(C(=O)c3ccccc3I)C2)ccn1. The monoisotopic (exact) mass is 451 g/mol. The van der Waals surface area contributed by atoms with Gasteiger partial charge in [0.2, 0.25) is 0 Å². The smallest absolute Gasteiger partial charge is 0.267 e. The van der Waals surface area contributed by atoms with Gasteiger partial charge in [-0.2, -0.15) is 0 Å². The van der Waals surface area contributed by atoms with E-state index in [-0.39, 0.29) is 17.7 Å². The van der Waals surface area contributed by atoms with Gasteiger partial charge < -0.3 is 15.4 Å². The maximum Gasteiger partial charge on any atom is 0.267 e. The average Bonchev–Trinajstić information content (AvgIpc) is 2.62. The summed E-state index contributed by atoms with van der Waals surface area (Å²) in [4.78, 5) is 29.7. The van der Waals surface area contributed by atoms with Gasteiger partial charge in [-0.1, -0.05) is 12.1 Å². The third-order valence-electron chi connectivity index (χ3n) is 4.06. The highest BCUT2D eigenvalue weighted by Gasteiger charge is 2.26. The van der Waals surface area contributed by atoms with Crippen LogP contribution in [0.1, 0.15) is 33.7 Å². The molecule has 130 valence electrons. The maximum absolute atomic E-state index is 12.8. The lowest BCUT2D eigenvalue weighted by Crippen LogP contribution is -2.44. The summed E-state index contributed by atoms with van der Waals surface area (Å²) >= 11 is 2.18. The third-order valence-corrected chi connectivity index (χ3v) is 5.00. The fourth-order valence-electron chi connectivity index (χ4n) is 2.84. The van der Waals surface area contributed by atoms with Crippen LogP contribution in [-0.2, 0) is 0 Å². The Morgan fingerprint density at radius 1 is 1.28 bits per heavy atom. The van der Waals surface area contributed by atoms with Crippen LogP contribution in [0, 0.1) is 3.57 Å². The van der Waals surface area contributed by atoms with Gasteiger partial charge in [-0.25, -0.2) is 0 Å². The zero-order chi connectivity index (χ0) is 17.8. The molecule has 0 saturated carbocycles. The Morgan fingerprint density at radius 2 is 2.08 bits per heavy atom. The summed E-state index contributed by atoms with van der Waals surface area (Å²) < 4.78 is 6.89. The Hall–Kier alpha value is -2.16. The van der Waals surface area contributed by atoms with E-state index in [1.165, 1.54) is 12.3 Å². The summed E-state index contributed by atoms with van der Waals surface area (Å²) in [5.74, 6) is -0.0344. The first-order valence-electron chi connectivity index (χ1n) is 8.01. The molecule has 0 radical (unpaired) electrons. The normalized spacial score (nSPS) is 17.2. The number of benzene rings is 1. The van der Waals surface area contributed by atoms with Crippen molar-refractivity contribution >= 4 is 34.4 Å². The summed E-state index contributed by atoms with van der Waals surface area (Å²) in [6.45, 7) is 1.23. The van der Waals surface area contributed by atoms with Crippen molar-refractivity contribution in [1.29, 1.82) is 0 Å². The lowest BCUT2D eigenvalue weighted by atomic mass is 10.1. The first-order valence-corrected chi connectivity index (χ1v) is 9.09. The van der Waals surface area contributed by atoms with Crippen LogP contribution in [0.5, 0.6) is 5.75 Å². The van der Waals surface area contributed by atoms with Crippen LogP contribution in [0.2, 0.25) is 0 Å². The van der Waals surface area contributed by atoms with Crippen molar-refractivity contribution in [2.75, 3.05) is 13.1 Å². The van der Waals surface area contributed by atoms with Crippen molar-refractivity contribution < 1.29 is 14.3 Å². The molecule has 2 N–H and O–H groups in total. The first kappa shape index (κ1) is 17.7. The fourth-order valence-corrected chi connectivity index (χ4v) is 3.45. The fraction of sp³-hybridized carbons (Fsp3) is 0.278. The number of pyridine rings is 1. The molecule has 0 aliphatic carbocycles. The molecule has 1 aliphatic heterocycles. The summed E-state index contributed by atoms with van der Waals surface area (Å²) in [6, 6.07) is 10.8. The number of piperidine rings is 1. The van der Waals surface area contributed by atoms with Crippen molar-refractivity contribution in [3.05, 3.63) is 57.4 Å². The third kappa shape index (κ3) is 4.28. The second kappa shape index (κ2) is 7.81. The number of hydrogen-bond acceptors (Lipinski definition) is 4. The van der Waals surface area contributed by atoms with Crippen LogP contribution < -0.4 is 10.5 Å². The molecule has 2 aromatic rings. The van der Waals surface area contributed by atoms with Crippen molar-refractivity contribution in [2.45, 2.75) is 18.9 Å². The van der Waals surface area contributed by atoms with E-state index in [0.29, 0.717) is 24.4 Å². The molecular weight excluding hydrogens is 433 g/mol. The highest BCUT2D eigenvalue weighted by Crippen LogP contribution is 2.21. The molecule has 0 bridgehead atoms. The van der Waals surface area contributed by atoms with E-state index in [2.05, 4.69) is 27.6 Å². The minimum Gasteiger partial charge on any atom is -0.488 e. The lowest BCUT2D eigenvalue weighted by Gasteiger charge is -2.33. The van der Waals surface area contributed by atoms with Gasteiger partial charge in [0.05, 0.1) is 12.1 Å². The first-order chi connectivity index (χ1) is 12.0. The number of halogens is 1. The second-order valence-corrected chi connectivity index (χ2v) is 7.02. The van der Waals surface area contributed by atoms with E-state index >= 15 is 0 Å². The Labute approximate surface area is 159 Å². The number of likely N-dealkylation sites (tertiary alicyclic amines) is 1. The van der Waals surface area contributed by atoms with Crippen molar-refractivity contribution in [2.24, 2.45) is 5.73 Å². The Balaban J connectivity index is 1.69. The molecule has 1 aromatic carbocycles. The summed E-state index contributed by atoms with van der Waals surface area (Å²) in [6.07, 6.45) is 3.09. The number of nitrogens with zero attached hydrogens (tertiary/aromatic N) is 2. The van der Waals surface area contributed by atoms with E-state index in [9.17, 15) is 9.59 Å². The highest BCUT2D eigenvalue weighted by molar-refractivity contribution is 14.1. The Bertz CT molecular complexity index is 797. The molecule has 0 spiro atoms. The standard InChI is InChI=1S/C18H18IN3O3/c19-15-6-2-1-5-14(15)18(24)22-9-3-4-13(11-22)25-12-7-8-21-16(10-12)17(20)23/h1-2,5-8,10,13H,3-4,9,11H2,(H2,20,23). The van der Waals surface area contributed by atoms with Crippen LogP contribution in [0.25, 0.3) is 0 Å². The van der Waals surface area contributed by atoms with E-state index in [4.69, 9.17) is 10.5 Å². The van der Waals surface area contributed by atoms with E-state index in [0.717, 1.165) is 16.4 Å². The second-order valence-electron chi connectivity index (χ2n) is 5.85. The molecule has 2 amide bonds. The minimum absolute atomic E-state index is 0.0193. The molecule has 7 heteroatoms. The lowest BCUT2D eigenvalue weighted by molar-refractivity contribution is 0.0536. The number of ether oxygens (including phenoxy) is 1. The topological polar surface area (TPSA) is 85.5 Å². The number of aromatic nitrogens is 1. The highest BCUT2D eigenvalue weighted by atomic mass is 127. The Kier molecular flexibility index (Phi) is 5.52. The number of amides is 2. The zero-order valence-electron chi connectivity index (χ0n) is 13.5. The molecule has 1 atom stereocenters. The molecule has 1 aliphatic rings. The molecule has 25 heavy (non-hydrogen) atoms. The predicted octanol–water partition coefficient (Wildman–Crippen LogP) is 2.47. The largest absolute Gasteiger partial charge is 0.488 e. The van der Waals surface area contributed by atoms with Gasteiger partial charge in [0.15, 0.2) is 0 Å². The summed E-state index contributed by atoms with van der Waals surface area (Å²) in [5, 5.41) is 0. The van der Waals surface area contributed by atoms with Gasteiger partial charge in [0.25, 0.3) is 11.8 Å². The van der Waals surface area contributed by atoms with Gasteiger partial charge in [0.1, 0.15) is 17.5 Å². The van der Waals surface area contributed by atoms with Crippen molar-refractivity contribution in [3.63, 3.8) is 0 Å². The van der Waals surface area contributed by atoms with Gasteiger partial charge in [0, 0.05) is 22.4 Å². The van der Waals surface area contributed by atoms with Crippen LogP contribution in [-0.4, -0.2) is 40.9 Å². The average molecular weight is 451 g/mol. The van der Waals surface area contributed by atoms with Gasteiger partial charge in [-0.15, -0.1) is 0 Å². The van der Waals surface area contributed by atoms with Crippen LogP contribution in [0.15, 0.2) is 42.6 Å². The van der Waals surface area contributed by atoms with Crippen LogP contribution >= 0.6 is 22.6 Å². The number of rotatable bonds is 4. The summed E-state index contributed by atoms with van der Waals surface area (Å²) in [5.41, 5.74) is 6.12. The van der Waals surface area contributed by atoms with Gasteiger partial charge in [-0.3, -0.25) is 14.6 Å². The molecule has 1 unspecified atom stereocenters. The van der Waals surface area contributed by atoms with Crippen LogP contribution in [0.3, 0.4) is 0 Å². The quantitative estimate of drug-likeness (QED) is 0.724. The number of primary amides is 1. The number of hydrogen-bond donors (Lipinski definition) is 1. The molecule has 1 saturated heterocycles. The number of carbonyl (C=O) groups excluding carboxylic acids is 2. The van der Waals surface area contributed by atoms with Gasteiger partial charge >= 0.3 is 0 Å². The molecule has 6 nitrogen and oxygen atoms in total. The molecule has 1 fully saturated rings. The molecule has 2 heterocycles. The van der Waals surface area contributed by atoms with E-state index < -0.39 is 5.91 Å². The molecule has 1 aromatic heterocycles. The minimum atomic E-state index is -0.593. The maximum atomic E-state index is 12.8. The van der Waals surface area contributed by atoms with E-state index in [1.807, 2.05) is 29.2 Å². The molecular formula is C18H18IN3O3.